The fraction of sp³-hybridized carbons (Fsp3) is 0.462. The zero-order valence-corrected chi connectivity index (χ0v) is 11.5. The van der Waals surface area contributed by atoms with Crippen molar-refractivity contribution in [2.24, 2.45) is 0 Å². The van der Waals surface area contributed by atoms with Crippen LogP contribution in [-0.2, 0) is 4.74 Å². The number of rotatable bonds is 6. The molecule has 0 aliphatic heterocycles. The summed E-state index contributed by atoms with van der Waals surface area (Å²) >= 11 is 5.11. The van der Waals surface area contributed by atoms with Gasteiger partial charge in [-0.3, -0.25) is 0 Å². The van der Waals surface area contributed by atoms with Gasteiger partial charge >= 0.3 is 0 Å². The minimum absolute atomic E-state index is 0.259. The second kappa shape index (κ2) is 8.00. The van der Waals surface area contributed by atoms with Crippen molar-refractivity contribution in [3.05, 3.63) is 30.1 Å². The molecule has 5 heteroatoms. The molecule has 0 fully saturated rings. The molecule has 0 heterocycles. The maximum atomic E-state index is 12.7. The lowest BCUT2D eigenvalue weighted by Crippen LogP contribution is -2.29. The molecule has 1 aromatic rings. The Bertz CT molecular complexity index is 368. The van der Waals surface area contributed by atoms with Crippen molar-refractivity contribution in [2.45, 2.75) is 26.4 Å². The molecule has 0 atom stereocenters. The third-order valence-electron chi connectivity index (χ3n) is 2.16. The Labute approximate surface area is 113 Å². The normalized spacial score (nSPS) is 10.4. The number of thiocarbonyl (C=S) groups is 1. The first-order chi connectivity index (χ1) is 8.58. The second-order valence-electron chi connectivity index (χ2n) is 4.16. The topological polar surface area (TPSA) is 33.3 Å². The summed E-state index contributed by atoms with van der Waals surface area (Å²) < 4.78 is 18.1. The van der Waals surface area contributed by atoms with Gasteiger partial charge in [0, 0.05) is 18.8 Å². The van der Waals surface area contributed by atoms with Crippen LogP contribution in [0.25, 0.3) is 0 Å². The van der Waals surface area contributed by atoms with Crippen molar-refractivity contribution in [1.29, 1.82) is 0 Å². The molecule has 0 saturated carbocycles. The lowest BCUT2D eigenvalue weighted by atomic mass is 10.3. The summed E-state index contributed by atoms with van der Waals surface area (Å²) in [5.41, 5.74) is 0.771. The van der Waals surface area contributed by atoms with Gasteiger partial charge in [0.15, 0.2) is 5.11 Å². The number of benzene rings is 1. The van der Waals surface area contributed by atoms with Crippen molar-refractivity contribution >= 4 is 23.0 Å². The van der Waals surface area contributed by atoms with E-state index in [1.165, 1.54) is 12.1 Å². The fourth-order valence-corrected chi connectivity index (χ4v) is 1.52. The lowest BCUT2D eigenvalue weighted by Gasteiger charge is -2.11. The number of hydrogen-bond donors (Lipinski definition) is 2. The molecule has 2 N–H and O–H groups in total. The molecule has 0 spiro atoms. The predicted octanol–water partition coefficient (Wildman–Crippen LogP) is 2.93. The molecule has 0 unspecified atom stereocenters. The summed E-state index contributed by atoms with van der Waals surface area (Å²) in [5.74, 6) is -0.259. The molecule has 100 valence electrons. The maximum Gasteiger partial charge on any atom is 0.170 e. The van der Waals surface area contributed by atoms with Gasteiger partial charge in [0.05, 0.1) is 6.10 Å². The Morgan fingerprint density at radius 3 is 2.61 bits per heavy atom. The van der Waals surface area contributed by atoms with E-state index >= 15 is 0 Å². The fourth-order valence-electron chi connectivity index (χ4n) is 1.30. The summed E-state index contributed by atoms with van der Waals surface area (Å²) in [6.07, 6.45) is 1.15. The van der Waals surface area contributed by atoms with Gasteiger partial charge in [0.2, 0.25) is 0 Å². The van der Waals surface area contributed by atoms with Crippen LogP contribution in [0.2, 0.25) is 0 Å². The van der Waals surface area contributed by atoms with Crippen molar-refractivity contribution < 1.29 is 9.13 Å². The Morgan fingerprint density at radius 2 is 2.00 bits per heavy atom. The molecule has 0 radical (unpaired) electrons. The molecule has 18 heavy (non-hydrogen) atoms. The van der Waals surface area contributed by atoms with Crippen LogP contribution in [0.3, 0.4) is 0 Å². The minimum Gasteiger partial charge on any atom is -0.379 e. The molecule has 0 saturated heterocycles. The highest BCUT2D eigenvalue weighted by Crippen LogP contribution is 2.07. The second-order valence-corrected chi connectivity index (χ2v) is 4.57. The van der Waals surface area contributed by atoms with E-state index in [0.29, 0.717) is 11.7 Å². The first kappa shape index (κ1) is 14.9. The predicted molar refractivity (Wildman–Crippen MR) is 76.3 cm³/mol. The molecule has 0 amide bonds. The van der Waals surface area contributed by atoms with E-state index in [9.17, 15) is 4.39 Å². The third-order valence-corrected chi connectivity index (χ3v) is 2.41. The van der Waals surface area contributed by atoms with Crippen LogP contribution in [0, 0.1) is 5.82 Å². The Hall–Kier alpha value is -1.20. The van der Waals surface area contributed by atoms with E-state index in [2.05, 4.69) is 10.6 Å². The first-order valence-corrected chi connectivity index (χ1v) is 6.41. The van der Waals surface area contributed by atoms with Crippen molar-refractivity contribution in [3.63, 3.8) is 0 Å². The largest absolute Gasteiger partial charge is 0.379 e. The summed E-state index contributed by atoms with van der Waals surface area (Å²) in [7, 11) is 0. The number of ether oxygens (including phenoxy) is 1. The average Bonchev–Trinajstić information content (AvgIpc) is 2.31. The maximum absolute atomic E-state index is 12.7. The highest BCUT2D eigenvalue weighted by atomic mass is 32.1. The number of hydrogen-bond acceptors (Lipinski definition) is 2. The van der Waals surface area contributed by atoms with E-state index in [4.69, 9.17) is 17.0 Å². The Kier molecular flexibility index (Phi) is 6.60. The molecule has 0 aliphatic carbocycles. The summed E-state index contributed by atoms with van der Waals surface area (Å²) in [6.45, 7) is 5.48. The van der Waals surface area contributed by atoms with E-state index in [-0.39, 0.29) is 11.9 Å². The van der Waals surface area contributed by atoms with Crippen molar-refractivity contribution in [2.75, 3.05) is 18.5 Å². The minimum atomic E-state index is -0.259. The summed E-state index contributed by atoms with van der Waals surface area (Å²) in [4.78, 5) is 0. The average molecular weight is 270 g/mol. The molecule has 0 aromatic heterocycles. The number of halogens is 1. The lowest BCUT2D eigenvalue weighted by molar-refractivity contribution is 0.0777. The quantitative estimate of drug-likeness (QED) is 0.615. The summed E-state index contributed by atoms with van der Waals surface area (Å²) in [5, 5.41) is 6.58. The van der Waals surface area contributed by atoms with Gasteiger partial charge in [-0.15, -0.1) is 0 Å². The van der Waals surface area contributed by atoms with Gasteiger partial charge < -0.3 is 15.4 Å². The monoisotopic (exact) mass is 270 g/mol. The smallest absolute Gasteiger partial charge is 0.170 e. The van der Waals surface area contributed by atoms with Crippen LogP contribution >= 0.6 is 12.2 Å². The Balaban J connectivity index is 2.16. The van der Waals surface area contributed by atoms with Crippen LogP contribution in [-0.4, -0.2) is 24.4 Å². The zero-order chi connectivity index (χ0) is 13.4. The van der Waals surface area contributed by atoms with E-state index in [0.717, 1.165) is 18.7 Å². The standard InChI is InChI=1S/C13H19FN2OS/c1-10(2)17-9-3-8-15-13(18)16-12-6-4-11(14)5-7-12/h4-7,10H,3,8-9H2,1-2H3,(H2,15,16,18). The van der Waals surface area contributed by atoms with Gasteiger partial charge in [-0.2, -0.15) is 0 Å². The van der Waals surface area contributed by atoms with Crippen LogP contribution in [0.4, 0.5) is 10.1 Å². The molecular weight excluding hydrogens is 251 g/mol. The van der Waals surface area contributed by atoms with E-state index in [1.807, 2.05) is 13.8 Å². The molecule has 1 rings (SSSR count). The van der Waals surface area contributed by atoms with E-state index < -0.39 is 0 Å². The highest BCUT2D eigenvalue weighted by Gasteiger charge is 1.98. The van der Waals surface area contributed by atoms with Gasteiger partial charge in [-0.1, -0.05) is 0 Å². The highest BCUT2D eigenvalue weighted by molar-refractivity contribution is 7.80. The van der Waals surface area contributed by atoms with Crippen LogP contribution in [0.1, 0.15) is 20.3 Å². The molecule has 3 nitrogen and oxygen atoms in total. The third kappa shape index (κ3) is 6.51. The molecule has 0 aliphatic rings. The first-order valence-electron chi connectivity index (χ1n) is 6.00. The Morgan fingerprint density at radius 1 is 1.33 bits per heavy atom. The van der Waals surface area contributed by atoms with Gasteiger partial charge in [0.1, 0.15) is 5.82 Å². The zero-order valence-electron chi connectivity index (χ0n) is 10.7. The number of nitrogens with one attached hydrogen (secondary N) is 2. The van der Waals surface area contributed by atoms with Crippen LogP contribution in [0.15, 0.2) is 24.3 Å². The van der Waals surface area contributed by atoms with Gasteiger partial charge in [-0.05, 0) is 56.8 Å². The van der Waals surface area contributed by atoms with Crippen molar-refractivity contribution in [1.82, 2.24) is 5.32 Å². The molecular formula is C13H19FN2OS. The molecule has 0 bridgehead atoms. The molecule has 1 aromatic carbocycles. The van der Waals surface area contributed by atoms with Crippen LogP contribution < -0.4 is 10.6 Å². The van der Waals surface area contributed by atoms with Gasteiger partial charge in [0.25, 0.3) is 0 Å². The van der Waals surface area contributed by atoms with Gasteiger partial charge in [-0.25, -0.2) is 4.39 Å². The van der Waals surface area contributed by atoms with E-state index in [1.54, 1.807) is 12.1 Å². The number of anilines is 1. The summed E-state index contributed by atoms with van der Waals surface area (Å²) in [6, 6.07) is 6.07. The SMILES string of the molecule is CC(C)OCCCNC(=S)Nc1ccc(F)cc1. The van der Waals surface area contributed by atoms with Crippen LogP contribution in [0.5, 0.6) is 0 Å². The van der Waals surface area contributed by atoms with Crippen molar-refractivity contribution in [3.8, 4) is 0 Å².